The smallest absolute Gasteiger partial charge is 0.281 e. The van der Waals surface area contributed by atoms with Crippen LogP contribution < -0.4 is 0 Å². The van der Waals surface area contributed by atoms with Crippen molar-refractivity contribution in [2.24, 2.45) is 0 Å². The first-order chi connectivity index (χ1) is 13.1. The molecule has 0 aliphatic carbocycles. The van der Waals surface area contributed by atoms with E-state index in [0.717, 1.165) is 14.2 Å². The predicted octanol–water partition coefficient (Wildman–Crippen LogP) is 2.72. The van der Waals surface area contributed by atoms with Crippen LogP contribution in [0.2, 0.25) is 0 Å². The lowest BCUT2D eigenvalue weighted by molar-refractivity contribution is 0.107. The standard InChI is InChI=1S/C16H14O8S4/c1-23-27(19,20)13-7-3-11(4-8-13)15(17)25-26-16(18)12-5-9-14(10-6-12)28(21,22)24-2/h3-10H,1-2H3. The summed E-state index contributed by atoms with van der Waals surface area (Å²) in [5.74, 6) is 0. The number of hydrogen-bond acceptors (Lipinski definition) is 10. The average Bonchev–Trinajstić information content (AvgIpc) is 2.71. The molecule has 2 aromatic rings. The summed E-state index contributed by atoms with van der Waals surface area (Å²) in [5, 5.41) is -0.892. The van der Waals surface area contributed by atoms with Crippen LogP contribution in [0.4, 0.5) is 0 Å². The van der Waals surface area contributed by atoms with Gasteiger partial charge in [-0.25, -0.2) is 0 Å². The molecule has 0 aliphatic rings. The second-order valence-corrected chi connectivity index (χ2v) is 10.5. The minimum atomic E-state index is -3.85. The van der Waals surface area contributed by atoms with Crippen molar-refractivity contribution in [1.82, 2.24) is 0 Å². The monoisotopic (exact) mass is 462 g/mol. The average molecular weight is 463 g/mol. The van der Waals surface area contributed by atoms with E-state index < -0.39 is 30.5 Å². The third-order valence-electron chi connectivity index (χ3n) is 3.39. The van der Waals surface area contributed by atoms with Gasteiger partial charge in [0.05, 0.1) is 24.0 Å². The SMILES string of the molecule is COS(=O)(=O)c1ccc(C(=O)SSC(=O)c2ccc(S(=O)(=O)OC)cc2)cc1. The fourth-order valence-corrected chi connectivity index (χ4v) is 4.85. The summed E-state index contributed by atoms with van der Waals surface area (Å²) in [6, 6.07) is 10.2. The molecule has 0 spiro atoms. The summed E-state index contributed by atoms with van der Waals surface area (Å²) < 4.78 is 55.0. The quantitative estimate of drug-likeness (QED) is 0.468. The van der Waals surface area contributed by atoms with E-state index in [2.05, 4.69) is 8.37 Å². The summed E-state index contributed by atoms with van der Waals surface area (Å²) in [4.78, 5) is 24.1. The van der Waals surface area contributed by atoms with E-state index >= 15 is 0 Å². The van der Waals surface area contributed by atoms with Gasteiger partial charge in [0.2, 0.25) is 10.2 Å². The van der Waals surface area contributed by atoms with Crippen LogP contribution in [-0.4, -0.2) is 41.3 Å². The van der Waals surface area contributed by atoms with Gasteiger partial charge in [-0.2, -0.15) is 16.8 Å². The molecule has 0 bridgehead atoms. The summed E-state index contributed by atoms with van der Waals surface area (Å²) in [6.07, 6.45) is 0. The Bertz CT molecular complexity index is 983. The molecule has 8 nitrogen and oxygen atoms in total. The van der Waals surface area contributed by atoms with Gasteiger partial charge in [0.15, 0.2) is 0 Å². The maximum atomic E-state index is 12.1. The molecule has 0 saturated carbocycles. The Hall–Kier alpha value is -1.70. The van der Waals surface area contributed by atoms with E-state index in [1.807, 2.05) is 0 Å². The maximum Gasteiger partial charge on any atom is 0.296 e. The molecule has 0 aromatic heterocycles. The van der Waals surface area contributed by atoms with Crippen molar-refractivity contribution in [3.63, 3.8) is 0 Å². The zero-order valence-electron chi connectivity index (χ0n) is 14.5. The molecule has 0 N–H and O–H groups in total. The van der Waals surface area contributed by atoms with Crippen molar-refractivity contribution in [1.29, 1.82) is 0 Å². The normalized spacial score (nSPS) is 11.9. The fourth-order valence-electron chi connectivity index (χ4n) is 1.88. The van der Waals surface area contributed by atoms with Crippen molar-refractivity contribution < 1.29 is 34.8 Å². The highest BCUT2D eigenvalue weighted by molar-refractivity contribution is 8.87. The van der Waals surface area contributed by atoms with Crippen LogP contribution in [0.1, 0.15) is 20.7 Å². The first-order valence-corrected chi connectivity index (χ1v) is 12.3. The third kappa shape index (κ3) is 5.43. The number of carbonyl (C=O) groups excluding carboxylic acids is 2. The van der Waals surface area contributed by atoms with Crippen molar-refractivity contribution in [3.8, 4) is 0 Å². The second-order valence-electron chi connectivity index (χ2n) is 5.03. The Balaban J connectivity index is 2.01. The molecule has 0 atom stereocenters. The summed E-state index contributed by atoms with van der Waals surface area (Å²) in [6.45, 7) is 0. The molecule has 0 heterocycles. The van der Waals surface area contributed by atoms with Gasteiger partial charge in [-0.15, -0.1) is 0 Å². The van der Waals surface area contributed by atoms with Crippen LogP contribution in [0.25, 0.3) is 0 Å². The summed E-state index contributed by atoms with van der Waals surface area (Å²) in [7, 11) is -4.29. The van der Waals surface area contributed by atoms with E-state index in [4.69, 9.17) is 0 Å². The van der Waals surface area contributed by atoms with Gasteiger partial charge in [-0.1, -0.05) is 0 Å². The number of benzene rings is 2. The molecule has 0 unspecified atom stereocenters. The predicted molar refractivity (Wildman–Crippen MR) is 105 cm³/mol. The molecule has 12 heteroatoms. The molecular weight excluding hydrogens is 448 g/mol. The van der Waals surface area contributed by atoms with Crippen LogP contribution in [0.15, 0.2) is 58.3 Å². The van der Waals surface area contributed by atoms with E-state index in [-0.39, 0.29) is 20.9 Å². The molecule has 0 radical (unpaired) electrons. The highest BCUT2D eigenvalue weighted by Crippen LogP contribution is 2.30. The highest BCUT2D eigenvalue weighted by atomic mass is 33.1. The first-order valence-electron chi connectivity index (χ1n) is 7.35. The number of hydrogen-bond donors (Lipinski definition) is 0. The van der Waals surface area contributed by atoms with Gasteiger partial charge < -0.3 is 0 Å². The highest BCUT2D eigenvalue weighted by Gasteiger charge is 2.17. The molecular formula is C16H14O8S4. The van der Waals surface area contributed by atoms with Gasteiger partial charge >= 0.3 is 0 Å². The Kier molecular flexibility index (Phi) is 7.42. The molecule has 0 aliphatic heterocycles. The van der Waals surface area contributed by atoms with Gasteiger partial charge in [0.1, 0.15) is 0 Å². The molecule has 28 heavy (non-hydrogen) atoms. The van der Waals surface area contributed by atoms with E-state index in [0.29, 0.717) is 21.6 Å². The van der Waals surface area contributed by atoms with Crippen molar-refractivity contribution >= 4 is 52.1 Å². The van der Waals surface area contributed by atoms with Crippen LogP contribution in [0.5, 0.6) is 0 Å². The minimum absolute atomic E-state index is 0.0913. The van der Waals surface area contributed by atoms with Gasteiger partial charge in [-0.05, 0) is 70.1 Å². The summed E-state index contributed by atoms with van der Waals surface area (Å²) >= 11 is 0. The van der Waals surface area contributed by atoms with E-state index in [9.17, 15) is 26.4 Å². The zero-order valence-corrected chi connectivity index (χ0v) is 17.8. The topological polar surface area (TPSA) is 121 Å². The first kappa shape index (κ1) is 22.6. The van der Waals surface area contributed by atoms with Crippen molar-refractivity contribution in [2.45, 2.75) is 9.79 Å². The van der Waals surface area contributed by atoms with Crippen LogP contribution in [0, 0.1) is 0 Å². The largest absolute Gasteiger partial charge is 0.296 e. The van der Waals surface area contributed by atoms with Gasteiger partial charge in [0.25, 0.3) is 20.2 Å². The van der Waals surface area contributed by atoms with Gasteiger partial charge in [-0.3, -0.25) is 18.0 Å². The van der Waals surface area contributed by atoms with Crippen LogP contribution in [-0.2, 0) is 28.6 Å². The lowest BCUT2D eigenvalue weighted by atomic mass is 10.2. The number of carbonyl (C=O) groups is 2. The Morgan fingerprint density at radius 2 is 0.929 bits per heavy atom. The third-order valence-corrected chi connectivity index (χ3v) is 7.98. The van der Waals surface area contributed by atoms with Crippen LogP contribution >= 0.6 is 21.6 Å². The van der Waals surface area contributed by atoms with Crippen LogP contribution in [0.3, 0.4) is 0 Å². The minimum Gasteiger partial charge on any atom is -0.281 e. The molecule has 0 fully saturated rings. The van der Waals surface area contributed by atoms with Gasteiger partial charge in [0, 0.05) is 11.1 Å². The van der Waals surface area contributed by atoms with E-state index in [1.165, 1.54) is 48.5 Å². The molecule has 150 valence electrons. The fraction of sp³-hybridized carbons (Fsp3) is 0.125. The van der Waals surface area contributed by atoms with E-state index in [1.54, 1.807) is 0 Å². The number of rotatable bonds is 6. The second kappa shape index (κ2) is 9.20. The Labute approximate surface area is 170 Å². The lowest BCUT2D eigenvalue weighted by Gasteiger charge is -2.04. The van der Waals surface area contributed by atoms with Crippen molar-refractivity contribution in [3.05, 3.63) is 59.7 Å². The Morgan fingerprint density at radius 1 is 0.643 bits per heavy atom. The molecule has 2 aromatic carbocycles. The maximum absolute atomic E-state index is 12.1. The summed E-state index contributed by atoms with van der Waals surface area (Å²) in [5.41, 5.74) is 0.420. The Morgan fingerprint density at radius 3 is 1.18 bits per heavy atom. The molecule has 0 saturated heterocycles. The van der Waals surface area contributed by atoms with Crippen molar-refractivity contribution in [2.75, 3.05) is 14.2 Å². The zero-order chi connectivity index (χ0) is 20.9. The lowest BCUT2D eigenvalue weighted by Crippen LogP contribution is -2.03. The molecule has 2 rings (SSSR count). The molecule has 0 amide bonds.